The number of hydrogen-bond donors (Lipinski definition) is 1. The summed E-state index contributed by atoms with van der Waals surface area (Å²) in [6, 6.07) is 7.14. The second-order valence-corrected chi connectivity index (χ2v) is 2.67. The van der Waals surface area contributed by atoms with Crippen LogP contribution >= 0.6 is 0 Å². The lowest BCUT2D eigenvalue weighted by molar-refractivity contribution is 0.0608. The molecule has 0 fully saturated rings. The molecule has 0 unspecified atom stereocenters. The molecule has 3 nitrogen and oxygen atoms in total. The number of ether oxygens (including phenoxy) is 2. The predicted molar refractivity (Wildman–Crippen MR) is 49.6 cm³/mol. The summed E-state index contributed by atoms with van der Waals surface area (Å²) in [7, 11) is 1.63. The van der Waals surface area contributed by atoms with Gasteiger partial charge < -0.3 is 14.6 Å². The van der Waals surface area contributed by atoms with Gasteiger partial charge in [0, 0.05) is 12.7 Å². The molecule has 3 heteroatoms. The van der Waals surface area contributed by atoms with Crippen molar-refractivity contribution in [2.45, 2.75) is 6.61 Å². The Balaban J connectivity index is 2.32. The Labute approximate surface area is 77.9 Å². The van der Waals surface area contributed by atoms with Gasteiger partial charge in [0.15, 0.2) is 0 Å². The van der Waals surface area contributed by atoms with Gasteiger partial charge in [0.1, 0.15) is 5.75 Å². The van der Waals surface area contributed by atoms with E-state index in [4.69, 9.17) is 9.47 Å². The molecule has 0 heterocycles. The summed E-state index contributed by atoms with van der Waals surface area (Å²) in [4.78, 5) is 0. The van der Waals surface area contributed by atoms with Crippen LogP contribution in [-0.4, -0.2) is 25.4 Å². The average molecular weight is 182 g/mol. The zero-order valence-electron chi connectivity index (χ0n) is 7.69. The van der Waals surface area contributed by atoms with Crippen LogP contribution in [0.15, 0.2) is 24.3 Å². The molecule has 0 aliphatic rings. The fourth-order valence-corrected chi connectivity index (χ4v) is 0.957. The lowest BCUT2D eigenvalue weighted by atomic mass is 10.2. The highest BCUT2D eigenvalue weighted by Gasteiger charge is 1.98. The maximum absolute atomic E-state index is 9.36. The summed E-state index contributed by atoms with van der Waals surface area (Å²) < 4.78 is 10.1. The summed E-state index contributed by atoms with van der Waals surface area (Å²) in [6.45, 7) is 1.55. The van der Waals surface area contributed by atoms with Crippen LogP contribution in [0.1, 0.15) is 5.56 Å². The predicted octanol–water partition coefficient (Wildman–Crippen LogP) is 1.56. The molecule has 0 amide bonds. The third-order valence-electron chi connectivity index (χ3n) is 1.68. The third kappa shape index (κ3) is 3.44. The van der Waals surface area contributed by atoms with Crippen LogP contribution in [0.3, 0.4) is 0 Å². The van der Waals surface area contributed by atoms with E-state index in [1.54, 1.807) is 19.2 Å². The number of methoxy groups -OCH3 is 1. The minimum atomic E-state index is 0.278. The van der Waals surface area contributed by atoms with Crippen LogP contribution in [0.5, 0.6) is 5.75 Å². The van der Waals surface area contributed by atoms with E-state index in [0.717, 1.165) is 5.56 Å². The van der Waals surface area contributed by atoms with Crippen LogP contribution in [0.2, 0.25) is 0 Å². The normalized spacial score (nSPS) is 10.2. The quantitative estimate of drug-likeness (QED) is 0.702. The number of para-hydroxylation sites is 1. The number of phenols is 1. The van der Waals surface area contributed by atoms with Crippen LogP contribution in [0.25, 0.3) is 0 Å². The fourth-order valence-electron chi connectivity index (χ4n) is 0.957. The van der Waals surface area contributed by atoms with Crippen molar-refractivity contribution in [3.05, 3.63) is 29.8 Å². The minimum absolute atomic E-state index is 0.278. The molecule has 1 rings (SSSR count). The average Bonchev–Trinajstić information content (AvgIpc) is 2.15. The molecule has 0 bridgehead atoms. The largest absolute Gasteiger partial charge is 0.508 e. The molecule has 0 spiro atoms. The van der Waals surface area contributed by atoms with Crippen molar-refractivity contribution < 1.29 is 14.6 Å². The van der Waals surface area contributed by atoms with E-state index in [9.17, 15) is 5.11 Å². The molecular weight excluding hydrogens is 168 g/mol. The smallest absolute Gasteiger partial charge is 0.121 e. The maximum Gasteiger partial charge on any atom is 0.121 e. The Morgan fingerprint density at radius 1 is 1.23 bits per heavy atom. The number of aromatic hydroxyl groups is 1. The van der Waals surface area contributed by atoms with Gasteiger partial charge in [-0.1, -0.05) is 18.2 Å². The van der Waals surface area contributed by atoms with E-state index in [1.807, 2.05) is 12.1 Å². The van der Waals surface area contributed by atoms with Crippen molar-refractivity contribution in [2.75, 3.05) is 20.3 Å². The van der Waals surface area contributed by atoms with Crippen molar-refractivity contribution in [3.63, 3.8) is 0 Å². The van der Waals surface area contributed by atoms with Gasteiger partial charge in [0.25, 0.3) is 0 Å². The highest BCUT2D eigenvalue weighted by Crippen LogP contribution is 2.15. The summed E-state index contributed by atoms with van der Waals surface area (Å²) in [5.74, 6) is 0.278. The molecule has 13 heavy (non-hydrogen) atoms. The highest BCUT2D eigenvalue weighted by molar-refractivity contribution is 5.30. The van der Waals surface area contributed by atoms with Crippen LogP contribution in [0.4, 0.5) is 0 Å². The molecule has 0 aromatic heterocycles. The first-order valence-electron chi connectivity index (χ1n) is 4.18. The third-order valence-corrected chi connectivity index (χ3v) is 1.68. The van der Waals surface area contributed by atoms with Gasteiger partial charge in [0.05, 0.1) is 19.8 Å². The number of benzene rings is 1. The Bertz CT molecular complexity index is 248. The van der Waals surface area contributed by atoms with Crippen molar-refractivity contribution in [1.82, 2.24) is 0 Å². The van der Waals surface area contributed by atoms with Crippen LogP contribution < -0.4 is 0 Å². The summed E-state index contributed by atoms with van der Waals surface area (Å²) >= 11 is 0. The lowest BCUT2D eigenvalue weighted by Crippen LogP contribution is -2.01. The Morgan fingerprint density at radius 3 is 2.69 bits per heavy atom. The molecule has 0 atom stereocenters. The topological polar surface area (TPSA) is 38.7 Å². The van der Waals surface area contributed by atoms with Gasteiger partial charge in [-0.2, -0.15) is 0 Å². The van der Waals surface area contributed by atoms with Gasteiger partial charge in [0.2, 0.25) is 0 Å². The molecule has 1 aromatic rings. The van der Waals surface area contributed by atoms with E-state index in [1.165, 1.54) is 0 Å². The van der Waals surface area contributed by atoms with E-state index < -0.39 is 0 Å². The molecule has 0 aliphatic heterocycles. The molecule has 0 saturated carbocycles. The molecule has 1 aromatic carbocycles. The van der Waals surface area contributed by atoms with Crippen LogP contribution in [0, 0.1) is 0 Å². The standard InChI is InChI=1S/C10H14O3/c1-12-6-7-13-8-9-4-2-3-5-10(9)11/h2-5,11H,6-8H2,1H3. The second kappa shape index (κ2) is 5.56. The van der Waals surface area contributed by atoms with Gasteiger partial charge in [-0.3, -0.25) is 0 Å². The SMILES string of the molecule is COCCOCc1ccccc1O. The summed E-state index contributed by atoms with van der Waals surface area (Å²) in [6.07, 6.45) is 0. The van der Waals surface area contributed by atoms with E-state index >= 15 is 0 Å². The molecule has 1 N–H and O–H groups in total. The second-order valence-electron chi connectivity index (χ2n) is 2.67. The number of rotatable bonds is 5. The first-order chi connectivity index (χ1) is 6.34. The molecule has 0 aliphatic carbocycles. The summed E-state index contributed by atoms with van der Waals surface area (Å²) in [5, 5.41) is 9.36. The van der Waals surface area contributed by atoms with Gasteiger partial charge in [-0.25, -0.2) is 0 Å². The minimum Gasteiger partial charge on any atom is -0.508 e. The van der Waals surface area contributed by atoms with E-state index in [0.29, 0.717) is 19.8 Å². The van der Waals surface area contributed by atoms with E-state index in [2.05, 4.69) is 0 Å². The maximum atomic E-state index is 9.36. The summed E-state index contributed by atoms with van der Waals surface area (Å²) in [5.41, 5.74) is 0.804. The van der Waals surface area contributed by atoms with Crippen LogP contribution in [-0.2, 0) is 16.1 Å². The van der Waals surface area contributed by atoms with E-state index in [-0.39, 0.29) is 5.75 Å². The molecule has 72 valence electrons. The lowest BCUT2D eigenvalue weighted by Gasteiger charge is -2.04. The van der Waals surface area contributed by atoms with Crippen molar-refractivity contribution in [3.8, 4) is 5.75 Å². The fraction of sp³-hybridized carbons (Fsp3) is 0.400. The molecular formula is C10H14O3. The Morgan fingerprint density at radius 2 is 2.00 bits per heavy atom. The van der Waals surface area contributed by atoms with Crippen molar-refractivity contribution >= 4 is 0 Å². The molecule has 0 radical (unpaired) electrons. The monoisotopic (exact) mass is 182 g/mol. The zero-order chi connectivity index (χ0) is 9.52. The highest BCUT2D eigenvalue weighted by atomic mass is 16.5. The van der Waals surface area contributed by atoms with Gasteiger partial charge >= 0.3 is 0 Å². The number of phenolic OH excluding ortho intramolecular Hbond substituents is 1. The molecule has 0 saturated heterocycles. The van der Waals surface area contributed by atoms with Crippen molar-refractivity contribution in [2.24, 2.45) is 0 Å². The first-order valence-corrected chi connectivity index (χ1v) is 4.18. The van der Waals surface area contributed by atoms with Gasteiger partial charge in [-0.15, -0.1) is 0 Å². The Hall–Kier alpha value is -1.06. The zero-order valence-corrected chi connectivity index (χ0v) is 7.69. The van der Waals surface area contributed by atoms with Crippen molar-refractivity contribution in [1.29, 1.82) is 0 Å². The Kier molecular flexibility index (Phi) is 4.29. The van der Waals surface area contributed by atoms with Gasteiger partial charge in [-0.05, 0) is 6.07 Å². The number of hydrogen-bond acceptors (Lipinski definition) is 3. The first kappa shape index (κ1) is 10.0.